The van der Waals surface area contributed by atoms with Gasteiger partial charge in [0, 0.05) is 44.4 Å². The van der Waals surface area contributed by atoms with Crippen LogP contribution in [-0.4, -0.2) is 59.0 Å². The lowest BCUT2D eigenvalue weighted by Crippen LogP contribution is -2.70. The molecule has 1 saturated heterocycles. The summed E-state index contributed by atoms with van der Waals surface area (Å²) in [5.74, 6) is -3.54. The molecule has 0 aliphatic carbocycles. The Morgan fingerprint density at radius 2 is 2.03 bits per heavy atom. The van der Waals surface area contributed by atoms with Gasteiger partial charge in [-0.1, -0.05) is 19.9 Å². The number of fused-ring (bicyclic) bond motifs is 1. The fourth-order valence-corrected chi connectivity index (χ4v) is 4.51. The molecule has 1 fully saturated rings. The number of hydrogen-bond acceptors (Lipinski definition) is 6. The zero-order chi connectivity index (χ0) is 25.5. The number of ether oxygens (including phenoxy) is 1. The fraction of sp³-hybridized carbons (Fsp3) is 0.458. The highest BCUT2D eigenvalue weighted by Gasteiger charge is 2.52. The zero-order valence-corrected chi connectivity index (χ0v) is 19.8. The Labute approximate surface area is 200 Å². The van der Waals surface area contributed by atoms with E-state index in [9.17, 15) is 28.3 Å². The molecule has 2 N–H and O–H groups in total. The van der Waals surface area contributed by atoms with Gasteiger partial charge in [-0.25, -0.2) is 8.78 Å². The Balaban J connectivity index is 1.74. The van der Waals surface area contributed by atoms with E-state index >= 15 is 0 Å². The number of hydrogen-bond donors (Lipinski definition) is 2. The van der Waals surface area contributed by atoms with Crippen molar-refractivity contribution in [1.29, 1.82) is 0 Å². The van der Waals surface area contributed by atoms with Crippen molar-refractivity contribution in [3.8, 4) is 5.75 Å². The molecule has 0 bridgehead atoms. The molecule has 188 valence electrons. The summed E-state index contributed by atoms with van der Waals surface area (Å²) in [5, 5.41) is 15.0. The number of aromatic nitrogens is 1. The molecule has 2 aliphatic heterocycles. The molecule has 1 aromatic heterocycles. The van der Waals surface area contributed by atoms with Crippen LogP contribution in [0.1, 0.15) is 53.1 Å². The minimum Gasteiger partial charge on any atom is -0.502 e. The molecule has 35 heavy (non-hydrogen) atoms. The first-order valence-corrected chi connectivity index (χ1v) is 11.4. The van der Waals surface area contributed by atoms with Crippen LogP contribution in [0, 0.1) is 17.6 Å². The maximum atomic E-state index is 14.0. The number of aromatic hydroxyl groups is 1. The summed E-state index contributed by atoms with van der Waals surface area (Å²) < 4.78 is 34.1. The van der Waals surface area contributed by atoms with Crippen molar-refractivity contribution in [2.24, 2.45) is 5.92 Å². The first kappa shape index (κ1) is 24.6. The lowest BCUT2D eigenvalue weighted by atomic mass is 10.0. The van der Waals surface area contributed by atoms with E-state index in [1.807, 2.05) is 18.9 Å². The summed E-state index contributed by atoms with van der Waals surface area (Å²) in [6.07, 6.45) is 2.48. The number of rotatable bonds is 6. The van der Waals surface area contributed by atoms with Gasteiger partial charge in [0.05, 0.1) is 13.2 Å². The van der Waals surface area contributed by atoms with E-state index in [2.05, 4.69) is 5.32 Å². The Morgan fingerprint density at radius 3 is 2.66 bits per heavy atom. The van der Waals surface area contributed by atoms with E-state index < -0.39 is 45.9 Å². The predicted molar refractivity (Wildman–Crippen MR) is 123 cm³/mol. The first-order chi connectivity index (χ1) is 16.6. The number of pyridine rings is 1. The lowest BCUT2D eigenvalue weighted by molar-refractivity contribution is 0.0296. The number of benzene rings is 1. The van der Waals surface area contributed by atoms with E-state index in [-0.39, 0.29) is 24.4 Å². The van der Waals surface area contributed by atoms with Gasteiger partial charge in [-0.2, -0.15) is 0 Å². The van der Waals surface area contributed by atoms with Crippen molar-refractivity contribution in [1.82, 2.24) is 14.9 Å². The molecular formula is C24H28F2N4O5. The molecular weight excluding hydrogens is 462 g/mol. The Bertz CT molecular complexity index is 1220. The van der Waals surface area contributed by atoms with Crippen molar-refractivity contribution < 1.29 is 28.2 Å². The number of nitrogens with one attached hydrogen (secondary N) is 1. The smallest absolute Gasteiger partial charge is 0.278 e. The average molecular weight is 491 g/mol. The second kappa shape index (κ2) is 9.29. The molecule has 2 aliphatic rings. The van der Waals surface area contributed by atoms with E-state index in [0.717, 1.165) is 12.5 Å². The predicted octanol–water partition coefficient (Wildman–Crippen LogP) is 1.95. The third kappa shape index (κ3) is 4.24. The summed E-state index contributed by atoms with van der Waals surface area (Å²) in [4.78, 5) is 40.5. The fourth-order valence-electron chi connectivity index (χ4n) is 4.51. The SMILES string of the molecule is CC(C)CCN1n2cc(C(=O)NCc3ccc(F)cc3F)c(=O)c(O)c2C(=O)N(C)C12CCOC2. The quantitative estimate of drug-likeness (QED) is 0.642. The largest absolute Gasteiger partial charge is 0.502 e. The topological polar surface area (TPSA) is 104 Å². The number of amides is 2. The molecule has 1 aromatic carbocycles. The first-order valence-electron chi connectivity index (χ1n) is 11.4. The van der Waals surface area contributed by atoms with Gasteiger partial charge < -0.3 is 20.1 Å². The van der Waals surface area contributed by atoms with E-state index in [0.29, 0.717) is 31.6 Å². The molecule has 9 nitrogen and oxygen atoms in total. The summed E-state index contributed by atoms with van der Waals surface area (Å²) in [5.41, 5.74) is -2.47. The molecule has 0 saturated carbocycles. The monoisotopic (exact) mass is 490 g/mol. The van der Waals surface area contributed by atoms with Crippen LogP contribution in [0.25, 0.3) is 0 Å². The average Bonchev–Trinajstić information content (AvgIpc) is 3.29. The van der Waals surface area contributed by atoms with Crippen LogP contribution in [-0.2, 0) is 11.3 Å². The highest BCUT2D eigenvalue weighted by atomic mass is 19.1. The highest BCUT2D eigenvalue weighted by molar-refractivity contribution is 5.99. The second-order valence-electron chi connectivity index (χ2n) is 9.29. The number of carbonyl (C=O) groups excluding carboxylic acids is 2. The van der Waals surface area contributed by atoms with Crippen molar-refractivity contribution >= 4 is 11.8 Å². The maximum Gasteiger partial charge on any atom is 0.278 e. The minimum atomic E-state index is -1.02. The molecule has 1 spiro atoms. The van der Waals surface area contributed by atoms with Gasteiger partial charge in [0.2, 0.25) is 5.43 Å². The normalized spacial score (nSPS) is 19.5. The third-order valence-corrected chi connectivity index (χ3v) is 6.63. The van der Waals surface area contributed by atoms with Crippen molar-refractivity contribution in [3.63, 3.8) is 0 Å². The Kier molecular flexibility index (Phi) is 6.54. The standard InChI is InChI=1S/C24H28F2N4O5/c1-14(2)6-8-30-24(7-9-35-13-24)28(3)23(34)19-21(32)20(31)17(12-29(19)30)22(33)27-11-15-4-5-16(25)10-18(15)26/h4-5,10,12,14,32H,6-9,11,13H2,1-3H3,(H,27,33). The number of carbonyl (C=O) groups is 2. The van der Waals surface area contributed by atoms with Crippen LogP contribution < -0.4 is 15.8 Å². The van der Waals surface area contributed by atoms with Gasteiger partial charge in [0.25, 0.3) is 11.8 Å². The van der Waals surface area contributed by atoms with Gasteiger partial charge in [-0.3, -0.25) is 24.1 Å². The minimum absolute atomic E-state index is 0.0273. The molecule has 1 unspecified atom stereocenters. The lowest BCUT2D eigenvalue weighted by Gasteiger charge is -2.52. The van der Waals surface area contributed by atoms with Crippen molar-refractivity contribution in [2.45, 2.75) is 38.9 Å². The van der Waals surface area contributed by atoms with Gasteiger partial charge in [-0.15, -0.1) is 0 Å². The van der Waals surface area contributed by atoms with Crippen LogP contribution in [0.3, 0.4) is 0 Å². The summed E-state index contributed by atoms with van der Waals surface area (Å²) >= 11 is 0. The summed E-state index contributed by atoms with van der Waals surface area (Å²) in [6.45, 7) is 4.92. The number of nitrogens with zero attached hydrogens (tertiary/aromatic N) is 3. The zero-order valence-electron chi connectivity index (χ0n) is 19.8. The van der Waals surface area contributed by atoms with Crippen LogP contribution in [0.15, 0.2) is 29.2 Å². The molecule has 11 heteroatoms. The van der Waals surface area contributed by atoms with Crippen LogP contribution in [0.5, 0.6) is 5.75 Å². The van der Waals surface area contributed by atoms with Crippen molar-refractivity contribution in [2.75, 3.05) is 31.8 Å². The molecule has 3 heterocycles. The highest BCUT2D eigenvalue weighted by Crippen LogP contribution is 2.36. The number of likely N-dealkylation sites (N-methyl/N-ethyl adjacent to an activating group) is 1. The molecule has 2 aromatic rings. The number of halogens is 2. The van der Waals surface area contributed by atoms with Crippen molar-refractivity contribution in [3.05, 3.63) is 63.1 Å². The van der Waals surface area contributed by atoms with E-state index in [4.69, 9.17) is 4.74 Å². The second-order valence-corrected chi connectivity index (χ2v) is 9.29. The van der Waals surface area contributed by atoms with Gasteiger partial charge in [0.1, 0.15) is 17.2 Å². The molecule has 1 atom stereocenters. The van der Waals surface area contributed by atoms with E-state index in [1.165, 1.54) is 21.8 Å². The molecule has 0 radical (unpaired) electrons. The van der Waals surface area contributed by atoms with Gasteiger partial charge in [0.15, 0.2) is 17.1 Å². The van der Waals surface area contributed by atoms with Crippen LogP contribution in [0.2, 0.25) is 0 Å². The Hall–Kier alpha value is -3.47. The molecule has 4 rings (SSSR count). The summed E-state index contributed by atoms with van der Waals surface area (Å²) in [6, 6.07) is 2.94. The van der Waals surface area contributed by atoms with Crippen LogP contribution >= 0.6 is 0 Å². The van der Waals surface area contributed by atoms with E-state index in [1.54, 1.807) is 7.05 Å². The van der Waals surface area contributed by atoms with Gasteiger partial charge in [-0.05, 0) is 18.4 Å². The Morgan fingerprint density at radius 1 is 1.29 bits per heavy atom. The molecule has 2 amide bonds. The summed E-state index contributed by atoms with van der Waals surface area (Å²) in [7, 11) is 1.60. The van der Waals surface area contributed by atoms with Gasteiger partial charge >= 0.3 is 0 Å². The third-order valence-electron chi connectivity index (χ3n) is 6.63. The maximum absolute atomic E-state index is 14.0. The van der Waals surface area contributed by atoms with Crippen LogP contribution in [0.4, 0.5) is 8.78 Å².